The zero-order valence-electron chi connectivity index (χ0n) is 15.4. The molecule has 5 nitrogen and oxygen atoms in total. The van der Waals surface area contributed by atoms with Crippen LogP contribution in [0.1, 0.15) is 77.6 Å². The molecule has 0 amide bonds. The van der Waals surface area contributed by atoms with Crippen molar-refractivity contribution in [1.29, 1.82) is 0 Å². The number of carbonyl (C=O) groups excluding carboxylic acids is 1. The predicted octanol–water partition coefficient (Wildman–Crippen LogP) is 3.48. The smallest absolute Gasteiger partial charge is 0.303 e. The molecule has 0 unspecified atom stereocenters. The molecule has 0 radical (unpaired) electrons. The summed E-state index contributed by atoms with van der Waals surface area (Å²) in [6.07, 6.45) is 10.7. The second-order valence-corrected chi connectivity index (χ2v) is 7.22. The van der Waals surface area contributed by atoms with Crippen molar-refractivity contribution in [2.75, 3.05) is 0 Å². The van der Waals surface area contributed by atoms with Gasteiger partial charge in [-0.05, 0) is 19.3 Å². The fourth-order valence-corrected chi connectivity index (χ4v) is 3.54. The fraction of sp³-hybridized carbons (Fsp3) is 0.800. The Hall–Kier alpha value is -1.20. The average molecular weight is 354 g/mol. The lowest BCUT2D eigenvalue weighted by Gasteiger charge is -2.18. The first-order chi connectivity index (χ1) is 12.0. The highest BCUT2D eigenvalue weighted by molar-refractivity contribution is 5.84. The molecule has 0 aliphatic heterocycles. The van der Waals surface area contributed by atoms with Crippen LogP contribution < -0.4 is 0 Å². The van der Waals surface area contributed by atoms with Crippen molar-refractivity contribution in [1.82, 2.24) is 0 Å². The molecule has 0 aromatic heterocycles. The standard InChI is InChI=1S/C20H34O5/c1-2-3-6-10-16-17(19(23)14-18(16)22)13-12-15(21)9-7-4-5-8-11-20(24)25/h12-13,15-17,19,21,23H,2-11,14H2,1H3,(H,24,25)/b13-12+/t15-,16+,17-,19-/m1/s1. The molecule has 1 saturated carbocycles. The maximum Gasteiger partial charge on any atom is 0.303 e. The summed E-state index contributed by atoms with van der Waals surface area (Å²) in [6, 6.07) is 0. The molecule has 0 aromatic carbocycles. The Balaban J connectivity index is 2.33. The van der Waals surface area contributed by atoms with Gasteiger partial charge in [0.05, 0.1) is 12.2 Å². The summed E-state index contributed by atoms with van der Waals surface area (Å²) in [5.41, 5.74) is 0. The van der Waals surface area contributed by atoms with E-state index in [2.05, 4.69) is 6.92 Å². The minimum absolute atomic E-state index is 0.110. The number of Topliss-reactive ketones (excluding diaryl/α,β-unsaturated/α-hetero) is 1. The van der Waals surface area contributed by atoms with E-state index < -0.39 is 18.2 Å². The van der Waals surface area contributed by atoms with Crippen molar-refractivity contribution in [3.8, 4) is 0 Å². The Bertz CT molecular complexity index is 432. The van der Waals surface area contributed by atoms with Crippen LogP contribution in [0.5, 0.6) is 0 Å². The third-order valence-electron chi connectivity index (χ3n) is 5.05. The Morgan fingerprint density at radius 1 is 1.20 bits per heavy atom. The number of aliphatic hydroxyl groups is 2. The van der Waals surface area contributed by atoms with Gasteiger partial charge in [0, 0.05) is 24.7 Å². The number of rotatable bonds is 13. The van der Waals surface area contributed by atoms with E-state index in [1.165, 1.54) is 0 Å². The van der Waals surface area contributed by atoms with Crippen LogP contribution in [0.25, 0.3) is 0 Å². The molecule has 1 aliphatic rings. The molecule has 1 rings (SSSR count). The van der Waals surface area contributed by atoms with Gasteiger partial charge in [0.15, 0.2) is 0 Å². The molecule has 1 aliphatic carbocycles. The lowest BCUT2D eigenvalue weighted by Crippen LogP contribution is -2.19. The van der Waals surface area contributed by atoms with E-state index in [4.69, 9.17) is 5.11 Å². The largest absolute Gasteiger partial charge is 0.481 e. The minimum atomic E-state index is -0.763. The Morgan fingerprint density at radius 2 is 1.92 bits per heavy atom. The second kappa shape index (κ2) is 12.2. The monoisotopic (exact) mass is 354 g/mol. The molecule has 0 bridgehead atoms. The molecule has 1 fully saturated rings. The van der Waals surface area contributed by atoms with Gasteiger partial charge in [-0.15, -0.1) is 0 Å². The van der Waals surface area contributed by atoms with Crippen LogP contribution in [-0.2, 0) is 9.59 Å². The van der Waals surface area contributed by atoms with Crippen molar-refractivity contribution in [2.24, 2.45) is 11.8 Å². The molecule has 0 heterocycles. The molecule has 0 aromatic rings. The van der Waals surface area contributed by atoms with Crippen LogP contribution in [-0.4, -0.2) is 39.3 Å². The normalized spacial score (nSPS) is 24.9. The van der Waals surface area contributed by atoms with E-state index >= 15 is 0 Å². The van der Waals surface area contributed by atoms with Crippen LogP contribution >= 0.6 is 0 Å². The van der Waals surface area contributed by atoms with Crippen molar-refractivity contribution in [3.63, 3.8) is 0 Å². The highest BCUT2D eigenvalue weighted by atomic mass is 16.4. The lowest BCUT2D eigenvalue weighted by atomic mass is 9.88. The topological polar surface area (TPSA) is 94.8 Å². The maximum absolute atomic E-state index is 12.1. The van der Waals surface area contributed by atoms with Crippen molar-refractivity contribution >= 4 is 11.8 Å². The summed E-state index contributed by atoms with van der Waals surface area (Å²) < 4.78 is 0. The van der Waals surface area contributed by atoms with Gasteiger partial charge in [0.25, 0.3) is 0 Å². The summed E-state index contributed by atoms with van der Waals surface area (Å²) in [4.78, 5) is 22.5. The number of ketones is 1. The number of hydrogen-bond donors (Lipinski definition) is 3. The van der Waals surface area contributed by atoms with Gasteiger partial charge < -0.3 is 15.3 Å². The van der Waals surface area contributed by atoms with E-state index in [-0.39, 0.29) is 30.5 Å². The van der Waals surface area contributed by atoms with Gasteiger partial charge in [-0.3, -0.25) is 9.59 Å². The number of aliphatic carboxylic acids is 1. The van der Waals surface area contributed by atoms with Crippen molar-refractivity contribution in [2.45, 2.75) is 89.8 Å². The minimum Gasteiger partial charge on any atom is -0.481 e. The molecule has 3 N–H and O–H groups in total. The SMILES string of the molecule is CCCCC[C@@H]1C(=O)C[C@@H](O)[C@@H]1/C=C/[C@H](O)CCCCCCC(=O)O. The molecule has 0 saturated heterocycles. The van der Waals surface area contributed by atoms with Crippen molar-refractivity contribution in [3.05, 3.63) is 12.2 Å². The van der Waals surface area contributed by atoms with Gasteiger partial charge in [-0.2, -0.15) is 0 Å². The fourth-order valence-electron chi connectivity index (χ4n) is 3.54. The summed E-state index contributed by atoms with van der Waals surface area (Å²) >= 11 is 0. The first kappa shape index (κ1) is 21.8. The summed E-state index contributed by atoms with van der Waals surface area (Å²) in [5.74, 6) is -0.900. The van der Waals surface area contributed by atoms with Gasteiger partial charge in [0.1, 0.15) is 5.78 Å². The van der Waals surface area contributed by atoms with E-state index in [0.29, 0.717) is 12.8 Å². The zero-order valence-corrected chi connectivity index (χ0v) is 15.4. The molecule has 5 heteroatoms. The average Bonchev–Trinajstić information content (AvgIpc) is 2.82. The number of aliphatic hydroxyl groups excluding tert-OH is 2. The Morgan fingerprint density at radius 3 is 2.60 bits per heavy atom. The Labute approximate surface area is 151 Å². The lowest BCUT2D eigenvalue weighted by molar-refractivity contribution is -0.137. The quantitative estimate of drug-likeness (QED) is 0.348. The first-order valence-corrected chi connectivity index (χ1v) is 9.74. The molecular formula is C20H34O5. The van der Waals surface area contributed by atoms with Crippen molar-refractivity contribution < 1.29 is 24.9 Å². The van der Waals surface area contributed by atoms with Gasteiger partial charge in [-0.1, -0.05) is 57.6 Å². The van der Waals surface area contributed by atoms with Crippen LogP contribution in [0.15, 0.2) is 12.2 Å². The third-order valence-corrected chi connectivity index (χ3v) is 5.05. The van der Waals surface area contributed by atoms with Crippen LogP contribution in [0.3, 0.4) is 0 Å². The third kappa shape index (κ3) is 8.63. The highest BCUT2D eigenvalue weighted by Crippen LogP contribution is 2.34. The number of hydrogen-bond acceptors (Lipinski definition) is 4. The summed E-state index contributed by atoms with van der Waals surface area (Å²) in [6.45, 7) is 2.13. The van der Waals surface area contributed by atoms with Crippen LogP contribution in [0.2, 0.25) is 0 Å². The van der Waals surface area contributed by atoms with E-state index in [1.54, 1.807) is 6.08 Å². The second-order valence-electron chi connectivity index (χ2n) is 7.22. The highest BCUT2D eigenvalue weighted by Gasteiger charge is 2.39. The maximum atomic E-state index is 12.1. The van der Waals surface area contributed by atoms with E-state index in [1.807, 2.05) is 6.08 Å². The van der Waals surface area contributed by atoms with Gasteiger partial charge in [0.2, 0.25) is 0 Å². The number of carbonyl (C=O) groups is 2. The molecule has 25 heavy (non-hydrogen) atoms. The van der Waals surface area contributed by atoms with Gasteiger partial charge in [-0.25, -0.2) is 0 Å². The number of carboxylic acids is 1. The molecular weight excluding hydrogens is 320 g/mol. The molecule has 144 valence electrons. The van der Waals surface area contributed by atoms with E-state index in [0.717, 1.165) is 44.9 Å². The Kier molecular flexibility index (Phi) is 10.7. The van der Waals surface area contributed by atoms with E-state index in [9.17, 15) is 19.8 Å². The molecule has 0 spiro atoms. The van der Waals surface area contributed by atoms with Gasteiger partial charge >= 0.3 is 5.97 Å². The number of unbranched alkanes of at least 4 members (excludes halogenated alkanes) is 5. The zero-order chi connectivity index (χ0) is 18.7. The van der Waals surface area contributed by atoms with Crippen LogP contribution in [0, 0.1) is 11.8 Å². The van der Waals surface area contributed by atoms with Crippen LogP contribution in [0.4, 0.5) is 0 Å². The summed E-state index contributed by atoms with van der Waals surface area (Å²) in [5, 5.41) is 28.7. The molecule has 4 atom stereocenters. The summed E-state index contributed by atoms with van der Waals surface area (Å²) in [7, 11) is 0. The predicted molar refractivity (Wildman–Crippen MR) is 97.2 cm³/mol. The number of carboxylic acid groups (broad SMARTS) is 1. The first-order valence-electron chi connectivity index (χ1n) is 9.74.